The first kappa shape index (κ1) is 20.7. The molecule has 1 saturated heterocycles. The number of benzene rings is 2. The van der Waals surface area contributed by atoms with Gasteiger partial charge in [0.05, 0.1) is 9.83 Å². The molecule has 0 bridgehead atoms. The molecule has 2 aromatic carbocycles. The topological polar surface area (TPSA) is 97.4 Å². The van der Waals surface area contributed by atoms with Crippen molar-refractivity contribution >= 4 is 35.1 Å². The van der Waals surface area contributed by atoms with Crippen LogP contribution in [0.5, 0.6) is 0 Å². The molecule has 158 valence electrons. The zero-order chi connectivity index (χ0) is 22.0. The van der Waals surface area contributed by atoms with Gasteiger partial charge in [-0.15, -0.1) is 0 Å². The Morgan fingerprint density at radius 1 is 1.19 bits per heavy atom. The van der Waals surface area contributed by atoms with Crippen LogP contribution in [0.25, 0.3) is 17.4 Å². The summed E-state index contributed by atoms with van der Waals surface area (Å²) < 4.78 is 5.88. The predicted molar refractivity (Wildman–Crippen MR) is 122 cm³/mol. The standard InChI is InChI=1S/C23H21N3O4S/c1-3-15-4-6-16(7-5-15)24-23-25-22(27)21(31-23)13-18-9-11-20(30-18)19-10-8-17(26(28)29)12-14(19)2/h4-13,23-24H,3H2,1-2H3,(H,25,27)/b21-13+/t23-/m0/s1. The average molecular weight is 436 g/mol. The lowest BCUT2D eigenvalue weighted by Crippen LogP contribution is -2.30. The summed E-state index contributed by atoms with van der Waals surface area (Å²) in [6.45, 7) is 3.90. The molecule has 0 unspecified atom stereocenters. The fraction of sp³-hybridized carbons (Fsp3) is 0.174. The Kier molecular flexibility index (Phi) is 5.81. The predicted octanol–water partition coefficient (Wildman–Crippen LogP) is 5.33. The van der Waals surface area contributed by atoms with Crippen LogP contribution in [0, 0.1) is 17.0 Å². The van der Waals surface area contributed by atoms with E-state index < -0.39 is 4.92 Å². The number of nitrogens with one attached hydrogen (secondary N) is 2. The van der Waals surface area contributed by atoms with Crippen molar-refractivity contribution in [2.75, 3.05) is 5.32 Å². The molecule has 7 nitrogen and oxygen atoms in total. The minimum absolute atomic E-state index is 0.0389. The van der Waals surface area contributed by atoms with E-state index in [-0.39, 0.29) is 17.1 Å². The van der Waals surface area contributed by atoms with E-state index in [1.54, 1.807) is 31.2 Å². The van der Waals surface area contributed by atoms with Crippen LogP contribution in [0.3, 0.4) is 0 Å². The van der Waals surface area contributed by atoms with Crippen LogP contribution in [0.2, 0.25) is 0 Å². The van der Waals surface area contributed by atoms with E-state index in [2.05, 4.69) is 29.7 Å². The molecule has 0 aliphatic carbocycles. The number of aryl methyl sites for hydroxylation is 2. The van der Waals surface area contributed by atoms with E-state index in [9.17, 15) is 14.9 Å². The Balaban J connectivity index is 1.47. The second-order valence-electron chi connectivity index (χ2n) is 7.13. The van der Waals surface area contributed by atoms with E-state index in [0.29, 0.717) is 16.4 Å². The fourth-order valence-corrected chi connectivity index (χ4v) is 4.26. The van der Waals surface area contributed by atoms with Gasteiger partial charge in [0.25, 0.3) is 11.6 Å². The third-order valence-electron chi connectivity index (χ3n) is 4.98. The molecule has 2 N–H and O–H groups in total. The highest BCUT2D eigenvalue weighted by Crippen LogP contribution is 2.33. The number of furan rings is 1. The summed E-state index contributed by atoms with van der Waals surface area (Å²) in [6, 6.07) is 16.3. The maximum absolute atomic E-state index is 12.4. The van der Waals surface area contributed by atoms with Crippen LogP contribution < -0.4 is 10.6 Å². The Bertz CT molecular complexity index is 1170. The van der Waals surface area contributed by atoms with Crippen molar-refractivity contribution in [1.29, 1.82) is 0 Å². The van der Waals surface area contributed by atoms with Crippen LogP contribution >= 0.6 is 11.8 Å². The molecule has 0 saturated carbocycles. The summed E-state index contributed by atoms with van der Waals surface area (Å²) in [5.41, 5.74) is 3.48. The monoisotopic (exact) mass is 435 g/mol. The van der Waals surface area contributed by atoms with Crippen molar-refractivity contribution in [2.45, 2.75) is 25.8 Å². The van der Waals surface area contributed by atoms with Crippen molar-refractivity contribution in [3.8, 4) is 11.3 Å². The SMILES string of the molecule is CCc1ccc(N[C@H]2NC(=O)/C(=C\c3ccc(-c4ccc([N+](=O)[O-])cc4C)o3)S2)cc1. The zero-order valence-electron chi connectivity index (χ0n) is 17.0. The lowest BCUT2D eigenvalue weighted by molar-refractivity contribution is -0.384. The summed E-state index contributed by atoms with van der Waals surface area (Å²) >= 11 is 1.39. The van der Waals surface area contributed by atoms with E-state index >= 15 is 0 Å². The molecule has 3 aromatic rings. The van der Waals surface area contributed by atoms with E-state index in [1.165, 1.54) is 29.5 Å². The van der Waals surface area contributed by atoms with Gasteiger partial charge in [-0.1, -0.05) is 30.8 Å². The van der Waals surface area contributed by atoms with Crippen LogP contribution in [0.1, 0.15) is 23.8 Å². The van der Waals surface area contributed by atoms with Gasteiger partial charge in [0, 0.05) is 29.5 Å². The number of hydrogen-bond donors (Lipinski definition) is 2. The molecule has 1 amide bonds. The maximum atomic E-state index is 12.4. The van der Waals surface area contributed by atoms with Crippen molar-refractivity contribution in [3.05, 3.63) is 86.5 Å². The smallest absolute Gasteiger partial charge is 0.269 e. The Morgan fingerprint density at radius 3 is 2.65 bits per heavy atom. The maximum Gasteiger partial charge on any atom is 0.269 e. The van der Waals surface area contributed by atoms with Gasteiger partial charge in [-0.25, -0.2) is 0 Å². The van der Waals surface area contributed by atoms with Crippen molar-refractivity contribution < 1.29 is 14.1 Å². The Hall–Kier alpha value is -3.52. The molecule has 4 rings (SSSR count). The number of carbonyl (C=O) groups is 1. The van der Waals surface area contributed by atoms with Gasteiger partial charge in [-0.2, -0.15) is 0 Å². The van der Waals surface area contributed by atoms with Gasteiger partial charge in [-0.3, -0.25) is 14.9 Å². The van der Waals surface area contributed by atoms with Crippen LogP contribution in [0.4, 0.5) is 11.4 Å². The molecular formula is C23H21N3O4S. The third kappa shape index (κ3) is 4.64. The van der Waals surface area contributed by atoms with Gasteiger partial charge < -0.3 is 15.1 Å². The van der Waals surface area contributed by atoms with Crippen LogP contribution in [0.15, 0.2) is 63.9 Å². The third-order valence-corrected chi connectivity index (χ3v) is 6.01. The first-order valence-electron chi connectivity index (χ1n) is 9.83. The van der Waals surface area contributed by atoms with Crippen molar-refractivity contribution in [3.63, 3.8) is 0 Å². The second kappa shape index (κ2) is 8.69. The molecule has 2 heterocycles. The molecule has 1 aliphatic heterocycles. The van der Waals surface area contributed by atoms with Crippen molar-refractivity contribution in [1.82, 2.24) is 5.32 Å². The normalized spacial score (nSPS) is 17.0. The van der Waals surface area contributed by atoms with Gasteiger partial charge in [0.15, 0.2) is 5.50 Å². The highest BCUT2D eigenvalue weighted by Gasteiger charge is 2.27. The largest absolute Gasteiger partial charge is 0.457 e. The molecule has 1 fully saturated rings. The molecule has 31 heavy (non-hydrogen) atoms. The van der Waals surface area contributed by atoms with Gasteiger partial charge in [0.2, 0.25) is 0 Å². The molecule has 1 atom stereocenters. The van der Waals surface area contributed by atoms with Crippen LogP contribution in [-0.2, 0) is 11.2 Å². The number of carbonyl (C=O) groups excluding carboxylic acids is 1. The highest BCUT2D eigenvalue weighted by atomic mass is 32.2. The van der Waals surface area contributed by atoms with E-state index in [0.717, 1.165) is 23.2 Å². The fourth-order valence-electron chi connectivity index (χ4n) is 3.30. The molecule has 0 spiro atoms. The number of anilines is 1. The first-order valence-corrected chi connectivity index (χ1v) is 10.7. The number of amides is 1. The number of hydrogen-bond acceptors (Lipinski definition) is 6. The second-order valence-corrected chi connectivity index (χ2v) is 8.28. The summed E-state index contributed by atoms with van der Waals surface area (Å²) in [5, 5.41) is 17.1. The Labute approximate surface area is 183 Å². The number of non-ortho nitro benzene ring substituents is 1. The number of rotatable bonds is 6. The number of nitro groups is 1. The quantitative estimate of drug-likeness (QED) is 0.309. The number of nitrogens with zero attached hydrogens (tertiary/aromatic N) is 1. The molecule has 0 radical (unpaired) electrons. The van der Waals surface area contributed by atoms with Gasteiger partial charge in [-0.05, 0) is 54.8 Å². The summed E-state index contributed by atoms with van der Waals surface area (Å²) in [7, 11) is 0. The first-order chi connectivity index (χ1) is 14.9. The number of nitro benzene ring substituents is 1. The molecule has 8 heteroatoms. The van der Waals surface area contributed by atoms with E-state index in [4.69, 9.17) is 4.42 Å². The summed E-state index contributed by atoms with van der Waals surface area (Å²) in [6.07, 6.45) is 2.68. The van der Waals surface area contributed by atoms with Crippen LogP contribution in [-0.4, -0.2) is 16.3 Å². The molecule has 1 aromatic heterocycles. The van der Waals surface area contributed by atoms with Gasteiger partial charge >= 0.3 is 0 Å². The van der Waals surface area contributed by atoms with Gasteiger partial charge in [0.1, 0.15) is 11.5 Å². The minimum Gasteiger partial charge on any atom is -0.457 e. The van der Waals surface area contributed by atoms with E-state index in [1.807, 2.05) is 12.1 Å². The Morgan fingerprint density at radius 2 is 1.97 bits per heavy atom. The number of thioether (sulfide) groups is 1. The van der Waals surface area contributed by atoms with Crippen molar-refractivity contribution in [2.24, 2.45) is 0 Å². The lowest BCUT2D eigenvalue weighted by atomic mass is 10.1. The summed E-state index contributed by atoms with van der Waals surface area (Å²) in [5.74, 6) is 0.962. The molecule has 1 aliphatic rings. The lowest BCUT2D eigenvalue weighted by Gasteiger charge is -2.12. The summed E-state index contributed by atoms with van der Waals surface area (Å²) in [4.78, 5) is 23.4. The highest BCUT2D eigenvalue weighted by molar-refractivity contribution is 8.05. The zero-order valence-corrected chi connectivity index (χ0v) is 17.9. The minimum atomic E-state index is -0.423. The molecular weight excluding hydrogens is 414 g/mol. The average Bonchev–Trinajstić information content (AvgIpc) is 3.35.